The Morgan fingerprint density at radius 2 is 2.21 bits per heavy atom. The van der Waals surface area contributed by atoms with E-state index in [4.69, 9.17) is 4.74 Å². The molecule has 0 aromatic heterocycles. The summed E-state index contributed by atoms with van der Waals surface area (Å²) in [5, 5.41) is 12.0. The Morgan fingerprint density at radius 3 is 2.84 bits per heavy atom. The van der Waals surface area contributed by atoms with Gasteiger partial charge in [0.05, 0.1) is 13.2 Å². The predicted molar refractivity (Wildman–Crippen MR) is 76.1 cm³/mol. The van der Waals surface area contributed by atoms with Gasteiger partial charge in [0.2, 0.25) is 5.91 Å². The minimum atomic E-state index is -0.217. The molecule has 0 fully saturated rings. The van der Waals surface area contributed by atoms with Crippen molar-refractivity contribution in [2.75, 3.05) is 11.9 Å². The van der Waals surface area contributed by atoms with Gasteiger partial charge in [0.15, 0.2) is 0 Å². The zero-order chi connectivity index (χ0) is 14.1. The first-order chi connectivity index (χ1) is 9.21. The Labute approximate surface area is 113 Å². The minimum absolute atomic E-state index is 0.131. The van der Waals surface area contributed by atoms with Crippen molar-refractivity contribution in [3.8, 4) is 5.75 Å². The van der Waals surface area contributed by atoms with E-state index in [1.807, 2.05) is 19.9 Å². The van der Waals surface area contributed by atoms with Crippen LogP contribution in [0.3, 0.4) is 0 Å². The van der Waals surface area contributed by atoms with E-state index >= 15 is 0 Å². The lowest BCUT2D eigenvalue weighted by molar-refractivity contribution is -0.111. The first kappa shape index (κ1) is 15.0. The summed E-state index contributed by atoms with van der Waals surface area (Å²) < 4.78 is 5.37. The molecule has 102 valence electrons. The van der Waals surface area contributed by atoms with Crippen molar-refractivity contribution < 1.29 is 14.6 Å². The van der Waals surface area contributed by atoms with Crippen LogP contribution in [0, 0.1) is 0 Å². The first-order valence-electron chi connectivity index (χ1n) is 6.18. The van der Waals surface area contributed by atoms with E-state index in [0.29, 0.717) is 23.6 Å². The number of carbonyl (C=O) groups excluding carboxylic acids is 1. The fraction of sp³-hybridized carbons (Fsp3) is 0.267. The van der Waals surface area contributed by atoms with Crippen molar-refractivity contribution >= 4 is 11.6 Å². The molecule has 1 aromatic carbocycles. The van der Waals surface area contributed by atoms with Gasteiger partial charge in [-0.25, -0.2) is 0 Å². The van der Waals surface area contributed by atoms with Crippen LogP contribution in [-0.2, 0) is 11.4 Å². The number of hydrogen-bond donors (Lipinski definition) is 2. The molecule has 2 N–H and O–H groups in total. The summed E-state index contributed by atoms with van der Waals surface area (Å²) in [6, 6.07) is 5.18. The molecule has 1 amide bonds. The normalized spacial score (nSPS) is 11.1. The second-order valence-electron chi connectivity index (χ2n) is 3.79. The largest absolute Gasteiger partial charge is 0.494 e. The average molecular weight is 261 g/mol. The third kappa shape index (κ3) is 4.97. The highest BCUT2D eigenvalue weighted by Gasteiger charge is 2.05. The number of benzene rings is 1. The molecule has 19 heavy (non-hydrogen) atoms. The van der Waals surface area contributed by atoms with E-state index in [2.05, 4.69) is 5.32 Å². The fourth-order valence-electron chi connectivity index (χ4n) is 1.52. The van der Waals surface area contributed by atoms with Gasteiger partial charge in [0.25, 0.3) is 0 Å². The SMILES string of the molecule is C/C=C/C=C/C(=O)Nc1ccc(OCC)c(CO)c1. The Bertz CT molecular complexity index is 478. The van der Waals surface area contributed by atoms with Crippen LogP contribution in [0.25, 0.3) is 0 Å². The molecule has 0 atom stereocenters. The van der Waals surface area contributed by atoms with Gasteiger partial charge in [0, 0.05) is 17.3 Å². The molecule has 0 saturated heterocycles. The summed E-state index contributed by atoms with van der Waals surface area (Å²) >= 11 is 0. The lowest BCUT2D eigenvalue weighted by Crippen LogP contribution is -2.08. The van der Waals surface area contributed by atoms with E-state index in [-0.39, 0.29) is 12.5 Å². The Kier molecular flexibility index (Phi) is 6.39. The molecule has 0 heterocycles. The van der Waals surface area contributed by atoms with E-state index < -0.39 is 0 Å². The number of aliphatic hydroxyl groups excluding tert-OH is 1. The average Bonchev–Trinajstić information content (AvgIpc) is 2.41. The molecule has 0 aliphatic heterocycles. The summed E-state index contributed by atoms with van der Waals surface area (Å²) in [6.45, 7) is 4.16. The monoisotopic (exact) mass is 261 g/mol. The maximum absolute atomic E-state index is 11.6. The summed E-state index contributed by atoms with van der Waals surface area (Å²) in [4.78, 5) is 11.6. The zero-order valence-corrected chi connectivity index (χ0v) is 11.2. The number of hydrogen-bond acceptors (Lipinski definition) is 3. The summed E-state index contributed by atoms with van der Waals surface area (Å²) in [5.41, 5.74) is 1.28. The summed E-state index contributed by atoms with van der Waals surface area (Å²) in [5.74, 6) is 0.415. The minimum Gasteiger partial charge on any atom is -0.494 e. The quantitative estimate of drug-likeness (QED) is 0.611. The smallest absolute Gasteiger partial charge is 0.248 e. The van der Waals surface area contributed by atoms with E-state index in [1.54, 1.807) is 30.4 Å². The molecule has 0 bridgehead atoms. The van der Waals surface area contributed by atoms with Crippen LogP contribution in [0.4, 0.5) is 5.69 Å². The van der Waals surface area contributed by atoms with Crippen molar-refractivity contribution in [3.05, 3.63) is 48.1 Å². The topological polar surface area (TPSA) is 58.6 Å². The molecule has 0 radical (unpaired) electrons. The van der Waals surface area contributed by atoms with Gasteiger partial charge in [-0.2, -0.15) is 0 Å². The second kappa shape index (κ2) is 8.11. The van der Waals surface area contributed by atoms with Gasteiger partial charge >= 0.3 is 0 Å². The van der Waals surface area contributed by atoms with Crippen LogP contribution in [0.5, 0.6) is 5.75 Å². The van der Waals surface area contributed by atoms with Crippen molar-refractivity contribution in [1.29, 1.82) is 0 Å². The molecule has 4 nitrogen and oxygen atoms in total. The molecule has 0 unspecified atom stereocenters. The molecule has 0 saturated carbocycles. The van der Waals surface area contributed by atoms with E-state index in [9.17, 15) is 9.90 Å². The number of allylic oxidation sites excluding steroid dienone is 3. The summed E-state index contributed by atoms with van der Waals surface area (Å²) in [7, 11) is 0. The molecule has 0 aliphatic carbocycles. The lowest BCUT2D eigenvalue weighted by atomic mass is 10.2. The van der Waals surface area contributed by atoms with Crippen LogP contribution in [0.15, 0.2) is 42.5 Å². The Morgan fingerprint density at radius 1 is 1.42 bits per heavy atom. The summed E-state index contributed by atoms with van der Waals surface area (Å²) in [6.07, 6.45) is 6.72. The van der Waals surface area contributed by atoms with Gasteiger partial charge in [-0.15, -0.1) is 0 Å². The number of amides is 1. The van der Waals surface area contributed by atoms with Crippen molar-refractivity contribution in [3.63, 3.8) is 0 Å². The van der Waals surface area contributed by atoms with Gasteiger partial charge in [-0.05, 0) is 32.0 Å². The molecule has 0 aliphatic rings. The first-order valence-corrected chi connectivity index (χ1v) is 6.18. The number of anilines is 1. The number of ether oxygens (including phenoxy) is 1. The highest BCUT2D eigenvalue weighted by molar-refractivity contribution is 5.99. The molecule has 0 spiro atoms. The fourth-order valence-corrected chi connectivity index (χ4v) is 1.52. The lowest BCUT2D eigenvalue weighted by Gasteiger charge is -2.10. The molecule has 1 aromatic rings. The molecule has 4 heteroatoms. The number of carbonyl (C=O) groups is 1. The van der Waals surface area contributed by atoms with Crippen LogP contribution in [-0.4, -0.2) is 17.6 Å². The van der Waals surface area contributed by atoms with Gasteiger partial charge in [-0.1, -0.05) is 18.2 Å². The zero-order valence-electron chi connectivity index (χ0n) is 11.2. The number of rotatable bonds is 6. The maximum Gasteiger partial charge on any atom is 0.248 e. The molecular weight excluding hydrogens is 242 g/mol. The van der Waals surface area contributed by atoms with Crippen LogP contribution in [0.2, 0.25) is 0 Å². The highest BCUT2D eigenvalue weighted by atomic mass is 16.5. The number of aliphatic hydroxyl groups is 1. The van der Waals surface area contributed by atoms with Crippen molar-refractivity contribution in [2.24, 2.45) is 0 Å². The number of nitrogens with one attached hydrogen (secondary N) is 1. The highest BCUT2D eigenvalue weighted by Crippen LogP contribution is 2.23. The molecular formula is C15H19NO3. The van der Waals surface area contributed by atoms with Crippen LogP contribution >= 0.6 is 0 Å². The third-order valence-corrected chi connectivity index (χ3v) is 2.35. The maximum atomic E-state index is 11.6. The Balaban J connectivity index is 2.76. The molecule has 1 rings (SSSR count). The van der Waals surface area contributed by atoms with Gasteiger partial charge in [-0.3, -0.25) is 4.79 Å². The van der Waals surface area contributed by atoms with Crippen molar-refractivity contribution in [2.45, 2.75) is 20.5 Å². The van der Waals surface area contributed by atoms with Gasteiger partial charge < -0.3 is 15.2 Å². The Hall–Kier alpha value is -2.07. The van der Waals surface area contributed by atoms with Crippen LogP contribution < -0.4 is 10.1 Å². The predicted octanol–water partition coefficient (Wildman–Crippen LogP) is 2.65. The van der Waals surface area contributed by atoms with Crippen LogP contribution in [0.1, 0.15) is 19.4 Å². The standard InChI is InChI=1S/C15H19NO3/c1-3-5-6-7-15(18)16-13-8-9-14(19-4-2)12(10-13)11-17/h3,5-10,17H,4,11H2,1-2H3,(H,16,18)/b5-3+,7-6+. The van der Waals surface area contributed by atoms with E-state index in [0.717, 1.165) is 0 Å². The van der Waals surface area contributed by atoms with E-state index in [1.165, 1.54) is 6.08 Å². The van der Waals surface area contributed by atoms with Crippen molar-refractivity contribution in [1.82, 2.24) is 0 Å². The second-order valence-corrected chi connectivity index (χ2v) is 3.79. The third-order valence-electron chi connectivity index (χ3n) is 2.35. The van der Waals surface area contributed by atoms with Gasteiger partial charge in [0.1, 0.15) is 5.75 Å².